The van der Waals surface area contributed by atoms with Gasteiger partial charge in [0.2, 0.25) is 17.8 Å². The Morgan fingerprint density at radius 1 is 0.825 bits per heavy atom. The number of ether oxygens (including phenoxy) is 1. The Labute approximate surface area is 232 Å². The summed E-state index contributed by atoms with van der Waals surface area (Å²) >= 11 is 0. The molecule has 0 atom stereocenters. The molecule has 204 valence electrons. The summed E-state index contributed by atoms with van der Waals surface area (Å²) in [6.45, 7) is 6.04. The highest BCUT2D eigenvalue weighted by atomic mass is 19.1. The molecule has 3 aromatic carbocycles. The van der Waals surface area contributed by atoms with Gasteiger partial charge in [0.25, 0.3) is 0 Å². The number of alkyl halides is 1. The van der Waals surface area contributed by atoms with Crippen LogP contribution in [0.3, 0.4) is 0 Å². The Balaban J connectivity index is 1.38. The fourth-order valence-electron chi connectivity index (χ4n) is 5.20. The van der Waals surface area contributed by atoms with E-state index in [0.29, 0.717) is 49.7 Å². The van der Waals surface area contributed by atoms with Crippen molar-refractivity contribution < 1.29 is 9.13 Å². The van der Waals surface area contributed by atoms with Gasteiger partial charge in [0.15, 0.2) is 0 Å². The molecule has 8 nitrogen and oxygen atoms in total. The van der Waals surface area contributed by atoms with Gasteiger partial charge < -0.3 is 15.0 Å². The van der Waals surface area contributed by atoms with Gasteiger partial charge in [0.05, 0.1) is 24.2 Å². The number of aromatic nitrogens is 5. The van der Waals surface area contributed by atoms with Crippen LogP contribution in [0.25, 0.3) is 28.1 Å². The predicted octanol–water partition coefficient (Wildman–Crippen LogP) is 5.62. The number of fused-ring (bicyclic) bond motifs is 1. The minimum Gasteiger partial charge on any atom is -0.378 e. The summed E-state index contributed by atoms with van der Waals surface area (Å²) in [5, 5.41) is 3.57. The van der Waals surface area contributed by atoms with Gasteiger partial charge >= 0.3 is 0 Å². The first-order valence-electron chi connectivity index (χ1n) is 13.5. The molecule has 2 aromatic heterocycles. The van der Waals surface area contributed by atoms with Gasteiger partial charge in [-0.15, -0.1) is 0 Å². The highest BCUT2D eigenvalue weighted by Gasteiger charge is 2.25. The second-order valence-electron chi connectivity index (χ2n) is 10.6. The minimum atomic E-state index is -0.738. The molecule has 1 fully saturated rings. The number of rotatable bonds is 8. The van der Waals surface area contributed by atoms with Crippen LogP contribution < -0.4 is 10.2 Å². The molecule has 0 radical (unpaired) electrons. The zero-order valence-electron chi connectivity index (χ0n) is 22.7. The van der Waals surface area contributed by atoms with Crippen LogP contribution >= 0.6 is 0 Å². The molecule has 9 heteroatoms. The largest absolute Gasteiger partial charge is 0.378 e. The van der Waals surface area contributed by atoms with E-state index in [1.807, 2.05) is 30.3 Å². The van der Waals surface area contributed by atoms with Crippen molar-refractivity contribution in [2.45, 2.75) is 32.5 Å². The number of halogens is 1. The average molecular weight is 538 g/mol. The quantitative estimate of drug-likeness (QED) is 0.275. The molecule has 0 unspecified atom stereocenters. The van der Waals surface area contributed by atoms with Crippen molar-refractivity contribution in [2.24, 2.45) is 0 Å². The van der Waals surface area contributed by atoms with Gasteiger partial charge in [-0.25, -0.2) is 9.37 Å². The van der Waals surface area contributed by atoms with Crippen LogP contribution in [-0.2, 0) is 17.8 Å². The molecule has 0 spiro atoms. The number of nitrogens with one attached hydrogen (secondary N) is 1. The maximum absolute atomic E-state index is 14.2. The summed E-state index contributed by atoms with van der Waals surface area (Å²) in [5.74, 6) is 1.54. The Morgan fingerprint density at radius 2 is 1.52 bits per heavy atom. The lowest BCUT2D eigenvalue weighted by molar-refractivity contribution is 0.122. The molecule has 3 heterocycles. The Kier molecular flexibility index (Phi) is 7.13. The lowest BCUT2D eigenvalue weighted by Crippen LogP contribution is -2.39. The fourth-order valence-corrected chi connectivity index (χ4v) is 5.20. The van der Waals surface area contributed by atoms with E-state index in [4.69, 9.17) is 19.7 Å². The SMILES string of the molecule is CC(C)(Cc1ccccc1-c1ccccc1)Nc1nc(N2CCOCC2)nc(-n2c(CF)nc3ccccc32)n1. The van der Waals surface area contributed by atoms with Gasteiger partial charge in [-0.1, -0.05) is 66.7 Å². The van der Waals surface area contributed by atoms with Gasteiger partial charge in [-0.05, 0) is 49.1 Å². The first-order chi connectivity index (χ1) is 19.5. The summed E-state index contributed by atoms with van der Waals surface area (Å²) in [6.07, 6.45) is 0.732. The number of para-hydroxylation sites is 2. The van der Waals surface area contributed by atoms with Crippen LogP contribution in [0.1, 0.15) is 25.2 Å². The number of hydrogen-bond acceptors (Lipinski definition) is 7. The topological polar surface area (TPSA) is 81.0 Å². The predicted molar refractivity (Wildman–Crippen MR) is 156 cm³/mol. The number of imidazole rings is 1. The highest BCUT2D eigenvalue weighted by molar-refractivity contribution is 5.77. The van der Waals surface area contributed by atoms with Gasteiger partial charge in [-0.2, -0.15) is 15.0 Å². The molecule has 40 heavy (non-hydrogen) atoms. The Hall–Kier alpha value is -4.37. The zero-order valence-corrected chi connectivity index (χ0v) is 22.7. The number of nitrogens with zero attached hydrogens (tertiary/aromatic N) is 6. The molecule has 0 aliphatic carbocycles. The normalized spacial score (nSPS) is 14.0. The number of hydrogen-bond donors (Lipinski definition) is 1. The van der Waals surface area contributed by atoms with Crippen LogP contribution in [0.4, 0.5) is 16.3 Å². The third-order valence-electron chi connectivity index (χ3n) is 7.04. The third-order valence-corrected chi connectivity index (χ3v) is 7.04. The van der Waals surface area contributed by atoms with Crippen molar-refractivity contribution in [1.29, 1.82) is 0 Å². The Bertz CT molecular complexity index is 1610. The lowest BCUT2D eigenvalue weighted by atomic mass is 9.89. The Morgan fingerprint density at radius 3 is 2.33 bits per heavy atom. The minimum absolute atomic E-state index is 0.252. The van der Waals surface area contributed by atoms with Crippen molar-refractivity contribution in [3.63, 3.8) is 0 Å². The van der Waals surface area contributed by atoms with Crippen molar-refractivity contribution in [2.75, 3.05) is 36.5 Å². The second-order valence-corrected chi connectivity index (χ2v) is 10.6. The zero-order chi connectivity index (χ0) is 27.5. The van der Waals surface area contributed by atoms with E-state index in [0.717, 1.165) is 11.9 Å². The lowest BCUT2D eigenvalue weighted by Gasteiger charge is -2.30. The molecule has 0 saturated carbocycles. The summed E-state index contributed by atoms with van der Waals surface area (Å²) in [5.41, 5.74) is 4.62. The van der Waals surface area contributed by atoms with Crippen LogP contribution in [0.5, 0.6) is 0 Å². The van der Waals surface area contributed by atoms with Crippen molar-refractivity contribution >= 4 is 22.9 Å². The van der Waals surface area contributed by atoms with E-state index >= 15 is 0 Å². The van der Waals surface area contributed by atoms with E-state index < -0.39 is 12.2 Å². The molecular weight excluding hydrogens is 505 g/mol. The maximum atomic E-state index is 14.2. The van der Waals surface area contributed by atoms with Crippen LogP contribution in [-0.4, -0.2) is 56.3 Å². The molecule has 1 aliphatic heterocycles. The summed E-state index contributed by atoms with van der Waals surface area (Å²) in [7, 11) is 0. The summed E-state index contributed by atoms with van der Waals surface area (Å²) in [4.78, 5) is 21.0. The second kappa shape index (κ2) is 11.0. The van der Waals surface area contributed by atoms with Crippen LogP contribution in [0.15, 0.2) is 78.9 Å². The smallest absolute Gasteiger partial charge is 0.242 e. The average Bonchev–Trinajstić information content (AvgIpc) is 3.36. The molecule has 1 saturated heterocycles. The number of benzene rings is 3. The molecule has 1 N–H and O–H groups in total. The number of anilines is 2. The molecule has 6 rings (SSSR count). The highest BCUT2D eigenvalue weighted by Crippen LogP contribution is 2.29. The molecular formula is C31H32FN7O. The summed E-state index contributed by atoms with van der Waals surface area (Å²) < 4.78 is 21.4. The monoisotopic (exact) mass is 537 g/mol. The first kappa shape index (κ1) is 25.9. The van der Waals surface area contributed by atoms with Crippen molar-refractivity contribution in [3.8, 4) is 17.1 Å². The van der Waals surface area contributed by atoms with Gasteiger partial charge in [-0.3, -0.25) is 4.57 Å². The van der Waals surface area contributed by atoms with Crippen molar-refractivity contribution in [3.05, 3.63) is 90.3 Å². The molecule has 0 bridgehead atoms. The van der Waals surface area contributed by atoms with E-state index in [9.17, 15) is 4.39 Å². The van der Waals surface area contributed by atoms with E-state index in [1.54, 1.807) is 4.57 Å². The fraction of sp³-hybridized carbons (Fsp3) is 0.290. The van der Waals surface area contributed by atoms with E-state index in [1.165, 1.54) is 16.7 Å². The van der Waals surface area contributed by atoms with Crippen molar-refractivity contribution in [1.82, 2.24) is 24.5 Å². The van der Waals surface area contributed by atoms with E-state index in [-0.39, 0.29) is 5.82 Å². The van der Waals surface area contributed by atoms with E-state index in [2.05, 4.69) is 77.6 Å². The number of morpholine rings is 1. The molecule has 0 amide bonds. The van der Waals surface area contributed by atoms with Gasteiger partial charge in [0.1, 0.15) is 12.5 Å². The molecule has 5 aromatic rings. The van der Waals surface area contributed by atoms with Gasteiger partial charge in [0, 0.05) is 18.6 Å². The van der Waals surface area contributed by atoms with Crippen LogP contribution in [0, 0.1) is 0 Å². The first-order valence-corrected chi connectivity index (χ1v) is 13.5. The standard InChI is InChI=1S/C31H32FN7O/c1-31(2,20-23-12-6-7-13-24(23)22-10-4-3-5-11-22)37-28-34-29(38-16-18-40-19-17-38)36-30(35-28)39-26-15-9-8-14-25(26)33-27(39)21-32/h3-15H,16-21H2,1-2H3,(H,34,35,36,37). The summed E-state index contributed by atoms with van der Waals surface area (Å²) in [6, 6.07) is 26.4. The molecule has 1 aliphatic rings. The third kappa shape index (κ3) is 5.37. The maximum Gasteiger partial charge on any atom is 0.242 e. The van der Waals surface area contributed by atoms with Crippen LogP contribution in [0.2, 0.25) is 0 Å².